The third kappa shape index (κ3) is 3.41. The Kier molecular flexibility index (Phi) is 4.05. The maximum absolute atomic E-state index is 5.51. The van der Waals surface area contributed by atoms with E-state index < -0.39 is 0 Å². The maximum Gasteiger partial charge on any atom is 0.164 e. The molecule has 0 bridgehead atoms. The molecule has 1 N–H and O–H groups in total. The van der Waals surface area contributed by atoms with E-state index in [1.807, 2.05) is 29.1 Å². The summed E-state index contributed by atoms with van der Waals surface area (Å²) < 4.78 is 8.33. The number of nitrogens with one attached hydrogen (secondary N) is 1. The number of hydrogen-bond donors (Lipinski definition) is 1. The van der Waals surface area contributed by atoms with Gasteiger partial charge in [0.1, 0.15) is 5.76 Å². The molecule has 2 heterocycles. The van der Waals surface area contributed by atoms with E-state index in [0.717, 1.165) is 21.8 Å². The summed E-state index contributed by atoms with van der Waals surface area (Å²) in [6, 6.07) is 14.2. The Balaban J connectivity index is 1.58. The monoisotopic (exact) mass is 379 g/mol. The lowest BCUT2D eigenvalue weighted by Crippen LogP contribution is -2.01. The lowest BCUT2D eigenvalue weighted by molar-refractivity contribution is 0.493. The molecule has 0 aliphatic carbocycles. The minimum atomic E-state index is 0.696. The number of aromatic nitrogens is 2. The fourth-order valence-corrected chi connectivity index (χ4v) is 2.41. The third-order valence-corrected chi connectivity index (χ3v) is 3.53. The van der Waals surface area contributed by atoms with Crippen LogP contribution in [0.3, 0.4) is 0 Å². The summed E-state index contributed by atoms with van der Waals surface area (Å²) in [5, 5.41) is 7.54. The molecular formula is C15H14IN3O. The number of benzene rings is 1. The van der Waals surface area contributed by atoms with Gasteiger partial charge in [-0.25, -0.2) is 0 Å². The molecule has 1 aromatic carbocycles. The van der Waals surface area contributed by atoms with Crippen molar-refractivity contribution in [3.8, 4) is 0 Å². The standard InChI is InChI=1S/C15H14IN3O/c16-15-7-6-14(20-15)10-17-13-4-2-12(3-5-13)11-19-9-1-8-18-19/h1-9,17H,10-11H2. The molecule has 0 atom stereocenters. The van der Waals surface area contributed by atoms with Crippen LogP contribution in [0.1, 0.15) is 11.3 Å². The minimum absolute atomic E-state index is 0.696. The molecule has 102 valence electrons. The summed E-state index contributed by atoms with van der Waals surface area (Å²) in [5.74, 6) is 0.940. The van der Waals surface area contributed by atoms with Gasteiger partial charge >= 0.3 is 0 Å². The molecule has 3 aromatic rings. The second-order valence-electron chi connectivity index (χ2n) is 4.46. The Morgan fingerprint density at radius 3 is 2.65 bits per heavy atom. The van der Waals surface area contributed by atoms with Gasteiger partial charge in [0, 0.05) is 18.1 Å². The van der Waals surface area contributed by atoms with Gasteiger partial charge in [0.25, 0.3) is 0 Å². The van der Waals surface area contributed by atoms with E-state index in [1.165, 1.54) is 5.56 Å². The zero-order valence-electron chi connectivity index (χ0n) is 10.8. The van der Waals surface area contributed by atoms with Crippen molar-refractivity contribution in [1.29, 1.82) is 0 Å². The summed E-state index contributed by atoms with van der Waals surface area (Å²) in [6.07, 6.45) is 3.76. The van der Waals surface area contributed by atoms with Crippen molar-refractivity contribution in [3.63, 3.8) is 0 Å². The Hall–Kier alpha value is -1.76. The van der Waals surface area contributed by atoms with E-state index in [2.05, 4.69) is 57.3 Å². The smallest absolute Gasteiger partial charge is 0.164 e. The summed E-state index contributed by atoms with van der Waals surface area (Å²) in [4.78, 5) is 0. The highest BCUT2D eigenvalue weighted by Gasteiger charge is 2.00. The Morgan fingerprint density at radius 2 is 2.00 bits per heavy atom. The number of nitrogens with zero attached hydrogens (tertiary/aromatic N) is 2. The fraction of sp³-hybridized carbons (Fsp3) is 0.133. The van der Waals surface area contributed by atoms with Gasteiger partial charge in [-0.2, -0.15) is 5.10 Å². The third-order valence-electron chi connectivity index (χ3n) is 2.95. The predicted molar refractivity (Wildman–Crippen MR) is 86.5 cm³/mol. The van der Waals surface area contributed by atoms with Gasteiger partial charge < -0.3 is 9.73 Å². The Morgan fingerprint density at radius 1 is 1.15 bits per heavy atom. The zero-order valence-corrected chi connectivity index (χ0v) is 12.9. The van der Waals surface area contributed by atoms with E-state index >= 15 is 0 Å². The van der Waals surface area contributed by atoms with Crippen LogP contribution in [0.4, 0.5) is 5.69 Å². The number of rotatable bonds is 5. The first-order chi connectivity index (χ1) is 9.79. The van der Waals surface area contributed by atoms with Crippen molar-refractivity contribution in [2.45, 2.75) is 13.1 Å². The Labute approximate surface area is 130 Å². The Bertz CT molecular complexity index is 659. The first-order valence-electron chi connectivity index (χ1n) is 6.34. The molecule has 0 spiro atoms. The van der Waals surface area contributed by atoms with Crippen LogP contribution in [0.5, 0.6) is 0 Å². The normalized spacial score (nSPS) is 10.7. The van der Waals surface area contributed by atoms with Gasteiger partial charge in [-0.15, -0.1) is 0 Å². The van der Waals surface area contributed by atoms with E-state index in [-0.39, 0.29) is 0 Å². The molecule has 5 heteroatoms. The molecule has 0 saturated heterocycles. The maximum atomic E-state index is 5.51. The van der Waals surface area contributed by atoms with Crippen LogP contribution in [0.2, 0.25) is 0 Å². The fourth-order valence-electron chi connectivity index (χ4n) is 1.94. The molecule has 3 rings (SSSR count). The second-order valence-corrected chi connectivity index (χ2v) is 5.52. The van der Waals surface area contributed by atoms with Crippen molar-refractivity contribution in [2.75, 3.05) is 5.32 Å². The van der Waals surface area contributed by atoms with Crippen molar-refractivity contribution in [2.24, 2.45) is 0 Å². The highest BCUT2D eigenvalue weighted by Crippen LogP contribution is 2.14. The second kappa shape index (κ2) is 6.13. The summed E-state index contributed by atoms with van der Waals surface area (Å²) >= 11 is 2.17. The van der Waals surface area contributed by atoms with Crippen molar-refractivity contribution >= 4 is 28.3 Å². The van der Waals surface area contributed by atoms with E-state index in [4.69, 9.17) is 4.42 Å². The largest absolute Gasteiger partial charge is 0.454 e. The molecule has 0 fully saturated rings. The predicted octanol–water partition coefficient (Wildman–Crippen LogP) is 3.74. The van der Waals surface area contributed by atoms with E-state index in [0.29, 0.717) is 6.54 Å². The summed E-state index contributed by atoms with van der Waals surface area (Å²) in [6.45, 7) is 1.49. The molecule has 4 nitrogen and oxygen atoms in total. The van der Waals surface area contributed by atoms with Gasteiger partial charge in [-0.3, -0.25) is 4.68 Å². The zero-order chi connectivity index (χ0) is 13.8. The molecule has 2 aromatic heterocycles. The highest BCUT2D eigenvalue weighted by atomic mass is 127. The quantitative estimate of drug-likeness (QED) is 0.687. The van der Waals surface area contributed by atoms with Crippen LogP contribution >= 0.6 is 22.6 Å². The lowest BCUT2D eigenvalue weighted by atomic mass is 10.2. The van der Waals surface area contributed by atoms with Crippen LogP contribution in [-0.2, 0) is 13.1 Å². The topological polar surface area (TPSA) is 43.0 Å². The van der Waals surface area contributed by atoms with Crippen molar-refractivity contribution < 1.29 is 4.42 Å². The van der Waals surface area contributed by atoms with Gasteiger partial charge in [-0.05, 0) is 58.5 Å². The van der Waals surface area contributed by atoms with Gasteiger partial charge in [0.15, 0.2) is 3.77 Å². The molecular weight excluding hydrogens is 365 g/mol. The van der Waals surface area contributed by atoms with Crippen LogP contribution < -0.4 is 5.32 Å². The average molecular weight is 379 g/mol. The van der Waals surface area contributed by atoms with Gasteiger partial charge in [-0.1, -0.05) is 12.1 Å². The first kappa shape index (κ1) is 13.2. The highest BCUT2D eigenvalue weighted by molar-refractivity contribution is 14.1. The van der Waals surface area contributed by atoms with Crippen LogP contribution in [0, 0.1) is 3.77 Å². The van der Waals surface area contributed by atoms with Crippen LogP contribution in [-0.4, -0.2) is 9.78 Å². The van der Waals surface area contributed by atoms with Crippen LogP contribution in [0.25, 0.3) is 0 Å². The van der Waals surface area contributed by atoms with E-state index in [9.17, 15) is 0 Å². The van der Waals surface area contributed by atoms with Crippen LogP contribution in [0.15, 0.2) is 59.3 Å². The molecule has 20 heavy (non-hydrogen) atoms. The number of halogens is 1. The lowest BCUT2D eigenvalue weighted by Gasteiger charge is -2.06. The molecule has 0 amide bonds. The average Bonchev–Trinajstić information content (AvgIpc) is 3.10. The molecule has 0 saturated carbocycles. The molecule has 0 aliphatic rings. The SMILES string of the molecule is Ic1ccc(CNc2ccc(Cn3cccn3)cc2)o1. The number of furan rings is 1. The van der Waals surface area contributed by atoms with Gasteiger partial charge in [0.2, 0.25) is 0 Å². The number of hydrogen-bond acceptors (Lipinski definition) is 3. The summed E-state index contributed by atoms with van der Waals surface area (Å²) in [5.41, 5.74) is 2.31. The molecule has 0 unspecified atom stereocenters. The molecule has 0 aliphatic heterocycles. The first-order valence-corrected chi connectivity index (χ1v) is 7.42. The van der Waals surface area contributed by atoms with E-state index in [1.54, 1.807) is 6.20 Å². The minimum Gasteiger partial charge on any atom is -0.454 e. The number of anilines is 1. The van der Waals surface area contributed by atoms with Crippen molar-refractivity contribution in [3.05, 3.63) is 69.9 Å². The van der Waals surface area contributed by atoms with Crippen molar-refractivity contribution in [1.82, 2.24) is 9.78 Å². The van der Waals surface area contributed by atoms with Gasteiger partial charge in [0.05, 0.1) is 13.1 Å². The molecule has 0 radical (unpaired) electrons. The summed E-state index contributed by atoms with van der Waals surface area (Å²) in [7, 11) is 0.